The maximum atomic E-state index is 14.3. The molecule has 0 saturated carbocycles. The zero-order valence-corrected chi connectivity index (χ0v) is 21.7. The van der Waals surface area contributed by atoms with E-state index in [1.165, 1.54) is 30.8 Å². The molecule has 8 heteroatoms. The van der Waals surface area contributed by atoms with Gasteiger partial charge in [0.05, 0.1) is 18.4 Å². The lowest BCUT2D eigenvalue weighted by molar-refractivity contribution is 0.117. The summed E-state index contributed by atoms with van der Waals surface area (Å²) in [4.78, 5) is 17.4. The molecule has 1 aromatic carbocycles. The van der Waals surface area contributed by atoms with Crippen LogP contribution in [0.4, 0.5) is 14.9 Å². The van der Waals surface area contributed by atoms with Crippen molar-refractivity contribution < 1.29 is 19.0 Å². The van der Waals surface area contributed by atoms with Crippen molar-refractivity contribution in [2.45, 2.75) is 46.6 Å². The molecule has 1 fully saturated rings. The third kappa shape index (κ3) is 8.77. The minimum atomic E-state index is -0.375. The lowest BCUT2D eigenvalue weighted by atomic mass is 10.1. The number of halogens is 1. The van der Waals surface area contributed by atoms with Gasteiger partial charge in [0.1, 0.15) is 11.7 Å². The summed E-state index contributed by atoms with van der Waals surface area (Å²) in [5.41, 5.74) is 3.73. The molecule has 2 aliphatic rings. The summed E-state index contributed by atoms with van der Waals surface area (Å²) < 4.78 is 19.0. The topological polar surface area (TPSA) is 86.2 Å². The summed E-state index contributed by atoms with van der Waals surface area (Å²) in [5.74, 6) is 1.35. The van der Waals surface area contributed by atoms with Crippen molar-refractivity contribution >= 4 is 17.6 Å². The molecule has 0 bridgehead atoms. The molecule has 1 amide bonds. The van der Waals surface area contributed by atoms with E-state index < -0.39 is 0 Å². The van der Waals surface area contributed by atoms with E-state index in [0.29, 0.717) is 11.5 Å². The Labute approximate surface area is 208 Å². The predicted octanol–water partition coefficient (Wildman–Crippen LogP) is 5.50. The second kappa shape index (κ2) is 13.6. The van der Waals surface area contributed by atoms with Gasteiger partial charge in [-0.15, -0.1) is 0 Å². The Morgan fingerprint density at radius 2 is 2.09 bits per heavy atom. The number of amidine groups is 1. The van der Waals surface area contributed by atoms with Gasteiger partial charge in [0, 0.05) is 44.9 Å². The number of anilines is 1. The average Bonchev–Trinajstić information content (AvgIpc) is 3.17. The van der Waals surface area contributed by atoms with Crippen molar-refractivity contribution in [2.24, 2.45) is 10.9 Å². The molecular weight excluding hydrogens is 447 g/mol. The second-order valence-corrected chi connectivity index (χ2v) is 9.13. The number of likely N-dealkylation sites (tertiary alicyclic amines) is 1. The molecule has 1 unspecified atom stereocenters. The zero-order valence-electron chi connectivity index (χ0n) is 21.7. The van der Waals surface area contributed by atoms with Crippen LogP contribution in [-0.2, 0) is 4.74 Å². The highest BCUT2D eigenvalue weighted by Gasteiger charge is 2.24. The van der Waals surface area contributed by atoms with Gasteiger partial charge in [-0.05, 0) is 68.5 Å². The number of hydrogen-bond donors (Lipinski definition) is 3. The maximum Gasteiger partial charge on any atom is 0.407 e. The predicted molar refractivity (Wildman–Crippen MR) is 141 cm³/mol. The molecule has 1 aromatic rings. The van der Waals surface area contributed by atoms with Gasteiger partial charge in [0.15, 0.2) is 0 Å². The molecule has 3 N–H and O–H groups in total. The summed E-state index contributed by atoms with van der Waals surface area (Å²) >= 11 is 0. The molecule has 1 aliphatic heterocycles. The fourth-order valence-electron chi connectivity index (χ4n) is 3.84. The number of aliphatic hydroxyl groups is 1. The summed E-state index contributed by atoms with van der Waals surface area (Å²) in [5, 5.41) is 15.5. The molecule has 3 rings (SSSR count). The van der Waals surface area contributed by atoms with Gasteiger partial charge in [-0.1, -0.05) is 19.1 Å². The van der Waals surface area contributed by atoms with Crippen LogP contribution in [0.1, 0.15) is 44.7 Å². The van der Waals surface area contributed by atoms with Gasteiger partial charge in [0.25, 0.3) is 0 Å². The zero-order chi connectivity index (χ0) is 26.0. The molecule has 1 heterocycles. The number of amides is 1. The first-order valence-electron chi connectivity index (χ1n) is 12.0. The normalized spacial score (nSPS) is 18.1. The van der Waals surface area contributed by atoms with Gasteiger partial charge in [0.2, 0.25) is 0 Å². The largest absolute Gasteiger partial charge is 0.512 e. The highest BCUT2D eigenvalue weighted by Crippen LogP contribution is 2.26. The number of nitrogens with one attached hydrogen (secondary N) is 2. The average molecular weight is 487 g/mol. The first-order chi connectivity index (χ1) is 16.6. The van der Waals surface area contributed by atoms with Crippen molar-refractivity contribution in [2.75, 3.05) is 39.0 Å². The van der Waals surface area contributed by atoms with Crippen molar-refractivity contribution in [1.29, 1.82) is 0 Å². The number of aryl methyl sites for hydroxylation is 1. The summed E-state index contributed by atoms with van der Waals surface area (Å²) in [6.45, 7) is 10.0. The van der Waals surface area contributed by atoms with Gasteiger partial charge < -0.3 is 25.4 Å². The van der Waals surface area contributed by atoms with E-state index in [2.05, 4.69) is 52.3 Å². The molecule has 0 radical (unpaired) electrons. The SMILES string of the molecule is CNC(=O)OC(C)C.CNc1cc(C)ccc1C(=NCC1=C(F)C=CC=C(O)C1)N1CCC(C)C1. The lowest BCUT2D eigenvalue weighted by Gasteiger charge is -2.23. The molecule has 1 atom stereocenters. The number of hydrogen-bond acceptors (Lipinski definition) is 5. The number of carbonyl (C=O) groups is 1. The van der Waals surface area contributed by atoms with Crippen molar-refractivity contribution in [1.82, 2.24) is 10.2 Å². The number of aliphatic hydroxyl groups excluding tert-OH is 1. The van der Waals surface area contributed by atoms with Crippen LogP contribution >= 0.6 is 0 Å². The van der Waals surface area contributed by atoms with Crippen molar-refractivity contribution in [3.05, 3.63) is 64.7 Å². The van der Waals surface area contributed by atoms with Crippen molar-refractivity contribution in [3.63, 3.8) is 0 Å². The molecule has 7 nitrogen and oxygen atoms in total. The minimum absolute atomic E-state index is 0.0325. The van der Waals surface area contributed by atoms with E-state index in [-0.39, 0.29) is 36.7 Å². The molecular formula is C27H39FN4O3. The van der Waals surface area contributed by atoms with E-state index in [4.69, 9.17) is 4.99 Å². The third-order valence-corrected chi connectivity index (χ3v) is 5.64. The van der Waals surface area contributed by atoms with Crippen molar-refractivity contribution in [3.8, 4) is 0 Å². The quantitative estimate of drug-likeness (QED) is 0.378. The van der Waals surface area contributed by atoms with Gasteiger partial charge in [-0.2, -0.15) is 0 Å². The van der Waals surface area contributed by atoms with Crippen LogP contribution in [0.25, 0.3) is 0 Å². The number of carbonyl (C=O) groups excluding carboxylic acids is 1. The van der Waals surface area contributed by atoms with Crippen LogP contribution in [0.15, 0.2) is 58.6 Å². The van der Waals surface area contributed by atoms with Gasteiger partial charge in [-0.3, -0.25) is 4.99 Å². The molecule has 0 aromatic heterocycles. The molecule has 1 aliphatic carbocycles. The maximum absolute atomic E-state index is 14.3. The van der Waals surface area contributed by atoms with E-state index in [1.54, 1.807) is 13.8 Å². The minimum Gasteiger partial charge on any atom is -0.512 e. The van der Waals surface area contributed by atoms with Crippen LogP contribution in [0.3, 0.4) is 0 Å². The molecule has 192 valence electrons. The first kappa shape index (κ1) is 28.0. The summed E-state index contributed by atoms with van der Waals surface area (Å²) in [7, 11) is 3.44. The Morgan fingerprint density at radius 3 is 2.66 bits per heavy atom. The third-order valence-electron chi connectivity index (χ3n) is 5.64. The summed E-state index contributed by atoms with van der Waals surface area (Å²) in [6.07, 6.45) is 5.36. The molecule has 35 heavy (non-hydrogen) atoms. The number of aliphatic imine (C=N–C) groups is 1. The molecule has 0 spiro atoms. The second-order valence-electron chi connectivity index (χ2n) is 9.13. The van der Waals surface area contributed by atoms with E-state index in [1.807, 2.05) is 7.05 Å². The Morgan fingerprint density at radius 1 is 1.34 bits per heavy atom. The Bertz CT molecular complexity index is 998. The fraction of sp³-hybridized carbons (Fsp3) is 0.481. The van der Waals surface area contributed by atoms with Crippen LogP contribution in [0.5, 0.6) is 0 Å². The molecule has 1 saturated heterocycles. The van der Waals surface area contributed by atoms with Gasteiger partial charge in [-0.25, -0.2) is 9.18 Å². The highest BCUT2D eigenvalue weighted by molar-refractivity contribution is 6.03. The number of alkyl carbamates (subject to hydrolysis) is 1. The van der Waals surface area contributed by atoms with Gasteiger partial charge >= 0.3 is 6.09 Å². The fourth-order valence-corrected chi connectivity index (χ4v) is 3.84. The Kier molecular flexibility index (Phi) is 10.8. The Hall–Kier alpha value is -3.29. The van der Waals surface area contributed by atoms with E-state index in [9.17, 15) is 14.3 Å². The first-order valence-corrected chi connectivity index (χ1v) is 12.0. The number of ether oxygens (including phenoxy) is 1. The van der Waals surface area contributed by atoms with E-state index >= 15 is 0 Å². The lowest BCUT2D eigenvalue weighted by Crippen LogP contribution is -2.30. The van der Waals surface area contributed by atoms with Crippen LogP contribution < -0.4 is 10.6 Å². The highest BCUT2D eigenvalue weighted by atomic mass is 19.1. The number of allylic oxidation sites excluding steroid dienone is 5. The Balaban J connectivity index is 0.000000466. The van der Waals surface area contributed by atoms with Crippen LogP contribution in [0, 0.1) is 12.8 Å². The summed E-state index contributed by atoms with van der Waals surface area (Å²) in [6, 6.07) is 6.26. The monoisotopic (exact) mass is 486 g/mol. The number of benzene rings is 1. The number of rotatable bonds is 5. The van der Waals surface area contributed by atoms with E-state index in [0.717, 1.165) is 36.6 Å². The number of nitrogens with zero attached hydrogens (tertiary/aromatic N) is 2. The van der Waals surface area contributed by atoms with Crippen LogP contribution in [-0.4, -0.2) is 61.8 Å². The smallest absolute Gasteiger partial charge is 0.407 e. The standard InChI is InChI=1S/C22H28FN3O.C5H11NO2/c1-15-7-8-19(21(11-15)24-3)22(26-10-9-16(2)14-26)25-13-17-12-18(27)5-4-6-20(17)23;1-4(2)8-5(7)6-3/h4-8,11,16,24,27H,9-10,12-14H2,1-3H3;4H,1-3H3,(H,6,7). The van der Waals surface area contributed by atoms with Crippen LogP contribution in [0.2, 0.25) is 0 Å².